The zero-order valence-electron chi connectivity index (χ0n) is 15.7. The fourth-order valence-corrected chi connectivity index (χ4v) is 3.91. The molecule has 5 nitrogen and oxygen atoms in total. The van der Waals surface area contributed by atoms with E-state index in [2.05, 4.69) is 11.8 Å². The van der Waals surface area contributed by atoms with Gasteiger partial charge in [0.25, 0.3) is 0 Å². The number of anilines is 1. The molecular weight excluding hydrogens is 352 g/mol. The summed E-state index contributed by atoms with van der Waals surface area (Å²) in [7, 11) is 0. The molecule has 26 heavy (non-hydrogen) atoms. The molecule has 0 aliphatic carbocycles. The van der Waals surface area contributed by atoms with Gasteiger partial charge in [-0.15, -0.1) is 0 Å². The molecule has 144 valence electrons. The molecule has 6 heteroatoms. The summed E-state index contributed by atoms with van der Waals surface area (Å²) in [5.74, 6) is 0.195. The zero-order valence-corrected chi connectivity index (χ0v) is 16.5. The lowest BCUT2D eigenvalue weighted by Gasteiger charge is -2.32. The number of ether oxygens (including phenoxy) is 2. The van der Waals surface area contributed by atoms with Crippen LogP contribution in [0.5, 0.6) is 5.75 Å². The van der Waals surface area contributed by atoms with Crippen LogP contribution in [0.3, 0.4) is 0 Å². The molecule has 0 aromatic heterocycles. The first-order valence-electron chi connectivity index (χ1n) is 9.70. The van der Waals surface area contributed by atoms with Crippen LogP contribution < -0.4 is 10.5 Å². The van der Waals surface area contributed by atoms with E-state index in [1.54, 1.807) is 6.07 Å². The third kappa shape index (κ3) is 4.26. The molecule has 0 amide bonds. The van der Waals surface area contributed by atoms with E-state index in [1.165, 1.54) is 12.8 Å². The third-order valence-corrected chi connectivity index (χ3v) is 5.66. The van der Waals surface area contributed by atoms with E-state index < -0.39 is 0 Å². The molecule has 1 saturated heterocycles. The highest BCUT2D eigenvalue weighted by Gasteiger charge is 2.29. The molecule has 2 N–H and O–H groups in total. The van der Waals surface area contributed by atoms with Gasteiger partial charge < -0.3 is 20.1 Å². The predicted molar refractivity (Wildman–Crippen MR) is 104 cm³/mol. The Morgan fingerprint density at radius 1 is 1.38 bits per heavy atom. The Kier molecular flexibility index (Phi) is 6.30. The van der Waals surface area contributed by atoms with Crippen LogP contribution in [0.4, 0.5) is 5.69 Å². The van der Waals surface area contributed by atoms with Gasteiger partial charge in [0.2, 0.25) is 0 Å². The molecule has 0 saturated carbocycles. The first-order valence-corrected chi connectivity index (χ1v) is 10.1. The van der Waals surface area contributed by atoms with Crippen LogP contribution in [0, 0.1) is 0 Å². The largest absolute Gasteiger partial charge is 0.489 e. The van der Waals surface area contributed by atoms with E-state index >= 15 is 0 Å². The van der Waals surface area contributed by atoms with Crippen molar-refractivity contribution in [3.63, 3.8) is 0 Å². The number of unbranched alkanes of at least 4 members (excludes halogenated alkanes) is 1. The lowest BCUT2D eigenvalue weighted by atomic mass is 9.97. The van der Waals surface area contributed by atoms with Gasteiger partial charge in [0.1, 0.15) is 17.4 Å². The van der Waals surface area contributed by atoms with Gasteiger partial charge in [0.15, 0.2) is 0 Å². The number of nitrogen functional groups attached to an aromatic ring is 1. The zero-order chi connectivity index (χ0) is 18.7. The number of likely N-dealkylation sites (tertiary alicyclic amines) is 1. The monoisotopic (exact) mass is 380 g/mol. The third-order valence-electron chi connectivity index (χ3n) is 5.35. The van der Waals surface area contributed by atoms with Crippen LogP contribution in [0.25, 0.3) is 0 Å². The summed E-state index contributed by atoms with van der Waals surface area (Å²) >= 11 is 6.25. The summed E-state index contributed by atoms with van der Waals surface area (Å²) in [5.41, 5.74) is 7.83. The number of fused-ring (bicyclic) bond motifs is 1. The second kappa shape index (κ2) is 8.49. The van der Waals surface area contributed by atoms with Gasteiger partial charge in [-0.3, -0.25) is 0 Å². The maximum Gasteiger partial charge on any atom is 0.342 e. The number of nitrogens with zero attached hydrogens (tertiary/aromatic N) is 1. The van der Waals surface area contributed by atoms with E-state index in [1.807, 2.05) is 6.92 Å². The van der Waals surface area contributed by atoms with Crippen LogP contribution in [-0.4, -0.2) is 42.7 Å². The number of carbonyl (C=O) groups is 1. The van der Waals surface area contributed by atoms with Gasteiger partial charge in [0, 0.05) is 18.7 Å². The Morgan fingerprint density at radius 3 is 2.81 bits per heavy atom. The Labute approximate surface area is 160 Å². The van der Waals surface area contributed by atoms with Crippen LogP contribution >= 0.6 is 11.6 Å². The average molecular weight is 381 g/mol. The minimum absolute atomic E-state index is 0.0478. The Morgan fingerprint density at radius 2 is 2.12 bits per heavy atom. The summed E-state index contributed by atoms with van der Waals surface area (Å²) in [5, 5.41) is 0.392. The Hall–Kier alpha value is -1.46. The second-order valence-corrected chi connectivity index (χ2v) is 7.80. The standard InChI is InChI=1S/C20H29ClN2O3/c1-3-4-9-23-10-7-14(8-11-23)26-20(24)16-12-17(21)18(22)15-6-5-13(2)25-19(15)16/h12-14H,3-11,22H2,1-2H3. The molecule has 0 radical (unpaired) electrons. The number of nitrogens with two attached hydrogens (primary N) is 1. The van der Waals surface area contributed by atoms with Crippen molar-refractivity contribution in [3.05, 3.63) is 22.2 Å². The van der Waals surface area contributed by atoms with E-state index in [0.29, 0.717) is 22.0 Å². The molecule has 0 spiro atoms. The molecule has 1 aromatic rings. The molecular formula is C20H29ClN2O3. The molecule has 0 bridgehead atoms. The molecule has 2 aliphatic heterocycles. The highest BCUT2D eigenvalue weighted by molar-refractivity contribution is 6.33. The summed E-state index contributed by atoms with van der Waals surface area (Å²) in [6.45, 7) is 7.28. The number of esters is 1. The number of benzene rings is 1. The fourth-order valence-electron chi connectivity index (χ4n) is 3.69. The molecule has 3 rings (SSSR count). The van der Waals surface area contributed by atoms with Gasteiger partial charge in [0.05, 0.1) is 16.8 Å². The maximum absolute atomic E-state index is 12.8. The van der Waals surface area contributed by atoms with Gasteiger partial charge in [-0.05, 0) is 51.6 Å². The number of piperidine rings is 1. The van der Waals surface area contributed by atoms with Crippen molar-refractivity contribution >= 4 is 23.3 Å². The summed E-state index contributed by atoms with van der Waals surface area (Å²) in [4.78, 5) is 15.2. The van der Waals surface area contributed by atoms with Crippen LogP contribution in [-0.2, 0) is 11.2 Å². The van der Waals surface area contributed by atoms with Crippen molar-refractivity contribution in [2.45, 2.75) is 64.6 Å². The van der Waals surface area contributed by atoms with Crippen molar-refractivity contribution in [2.75, 3.05) is 25.4 Å². The molecule has 1 atom stereocenters. The maximum atomic E-state index is 12.8. The molecule has 2 heterocycles. The smallest absolute Gasteiger partial charge is 0.342 e. The van der Waals surface area contributed by atoms with Gasteiger partial charge in [-0.25, -0.2) is 4.79 Å². The Bertz CT molecular complexity index is 657. The van der Waals surface area contributed by atoms with E-state index in [4.69, 9.17) is 26.8 Å². The summed E-state index contributed by atoms with van der Waals surface area (Å²) in [6, 6.07) is 1.59. The summed E-state index contributed by atoms with van der Waals surface area (Å²) < 4.78 is 11.7. The van der Waals surface area contributed by atoms with E-state index in [9.17, 15) is 4.79 Å². The van der Waals surface area contributed by atoms with Gasteiger partial charge >= 0.3 is 5.97 Å². The SMILES string of the molecule is CCCCN1CCC(OC(=O)c2cc(Cl)c(N)c3c2OC(C)CC3)CC1. The Balaban J connectivity index is 1.68. The number of halogens is 1. The van der Waals surface area contributed by atoms with Crippen molar-refractivity contribution < 1.29 is 14.3 Å². The van der Waals surface area contributed by atoms with E-state index in [-0.39, 0.29) is 18.2 Å². The van der Waals surface area contributed by atoms with Crippen LogP contribution in [0.15, 0.2) is 6.07 Å². The number of hydrogen-bond donors (Lipinski definition) is 1. The van der Waals surface area contributed by atoms with E-state index in [0.717, 1.165) is 50.9 Å². The van der Waals surface area contributed by atoms with Crippen molar-refractivity contribution in [3.8, 4) is 5.75 Å². The lowest BCUT2D eigenvalue weighted by molar-refractivity contribution is 0.0106. The number of hydrogen-bond acceptors (Lipinski definition) is 5. The molecule has 1 unspecified atom stereocenters. The first-order chi connectivity index (χ1) is 12.5. The molecule has 2 aliphatic rings. The minimum Gasteiger partial charge on any atom is -0.489 e. The quantitative estimate of drug-likeness (QED) is 0.616. The van der Waals surface area contributed by atoms with Crippen LogP contribution in [0.1, 0.15) is 61.9 Å². The van der Waals surface area contributed by atoms with Crippen molar-refractivity contribution in [1.29, 1.82) is 0 Å². The average Bonchev–Trinajstić information content (AvgIpc) is 2.64. The van der Waals surface area contributed by atoms with Gasteiger partial charge in [-0.1, -0.05) is 24.9 Å². The highest BCUT2D eigenvalue weighted by atomic mass is 35.5. The second-order valence-electron chi connectivity index (χ2n) is 7.39. The molecule has 1 aromatic carbocycles. The van der Waals surface area contributed by atoms with Gasteiger partial charge in [-0.2, -0.15) is 0 Å². The van der Waals surface area contributed by atoms with Crippen LogP contribution in [0.2, 0.25) is 5.02 Å². The normalized spacial score (nSPS) is 21.1. The first kappa shape index (κ1) is 19.3. The minimum atomic E-state index is -0.357. The highest BCUT2D eigenvalue weighted by Crippen LogP contribution is 2.40. The predicted octanol–water partition coefficient (Wildman–Crippen LogP) is 4.06. The number of rotatable bonds is 5. The summed E-state index contributed by atoms with van der Waals surface area (Å²) in [6.07, 6.45) is 5.80. The van der Waals surface area contributed by atoms with Crippen molar-refractivity contribution in [2.24, 2.45) is 0 Å². The topological polar surface area (TPSA) is 64.8 Å². The lowest BCUT2D eigenvalue weighted by Crippen LogP contribution is -2.38. The number of carbonyl (C=O) groups excluding carboxylic acids is 1. The fraction of sp³-hybridized carbons (Fsp3) is 0.650. The molecule has 1 fully saturated rings. The van der Waals surface area contributed by atoms with Crippen molar-refractivity contribution in [1.82, 2.24) is 4.90 Å².